The highest BCUT2D eigenvalue weighted by atomic mass is 19.3. The van der Waals surface area contributed by atoms with Crippen molar-refractivity contribution >= 4 is 5.96 Å². The number of guanidine groups is 1. The summed E-state index contributed by atoms with van der Waals surface area (Å²) in [6.45, 7) is 5.99. The summed E-state index contributed by atoms with van der Waals surface area (Å²) in [5.74, 6) is 0.645. The number of aliphatic imine (C=N–C) groups is 1. The SMILES string of the molecule is CCNC(=NCc1cc(C)ccc1OC(F)F)NCC(O)(CC)CC. The van der Waals surface area contributed by atoms with Gasteiger partial charge in [-0.3, -0.25) is 0 Å². The van der Waals surface area contributed by atoms with Gasteiger partial charge in [-0.1, -0.05) is 31.5 Å². The third kappa shape index (κ3) is 7.25. The van der Waals surface area contributed by atoms with Crippen LogP contribution in [0, 0.1) is 6.92 Å². The van der Waals surface area contributed by atoms with Crippen molar-refractivity contribution in [3.8, 4) is 5.75 Å². The molecule has 0 aliphatic rings. The highest BCUT2D eigenvalue weighted by Crippen LogP contribution is 2.23. The Balaban J connectivity index is 2.88. The molecule has 0 amide bonds. The fourth-order valence-electron chi connectivity index (χ4n) is 2.30. The Labute approximate surface area is 148 Å². The zero-order chi connectivity index (χ0) is 18.9. The molecule has 0 aliphatic carbocycles. The van der Waals surface area contributed by atoms with Crippen molar-refractivity contribution in [2.45, 2.75) is 59.3 Å². The van der Waals surface area contributed by atoms with Crippen LogP contribution >= 0.6 is 0 Å². The van der Waals surface area contributed by atoms with Crippen LogP contribution in [0.1, 0.15) is 44.7 Å². The van der Waals surface area contributed by atoms with Gasteiger partial charge in [0.05, 0.1) is 12.1 Å². The number of alkyl halides is 2. The number of hydrogen-bond donors (Lipinski definition) is 3. The first-order valence-corrected chi connectivity index (χ1v) is 8.62. The molecule has 0 heterocycles. The number of benzene rings is 1. The summed E-state index contributed by atoms with van der Waals surface area (Å²) in [6.07, 6.45) is 1.25. The number of ether oxygens (including phenoxy) is 1. The fraction of sp³-hybridized carbons (Fsp3) is 0.611. The first-order chi connectivity index (χ1) is 11.8. The Morgan fingerprint density at radius 3 is 2.48 bits per heavy atom. The van der Waals surface area contributed by atoms with E-state index in [4.69, 9.17) is 0 Å². The van der Waals surface area contributed by atoms with E-state index in [-0.39, 0.29) is 12.3 Å². The van der Waals surface area contributed by atoms with Crippen LogP contribution in [0.3, 0.4) is 0 Å². The Kier molecular flexibility index (Phi) is 8.61. The smallest absolute Gasteiger partial charge is 0.387 e. The van der Waals surface area contributed by atoms with Crippen LogP contribution in [-0.4, -0.2) is 36.4 Å². The van der Waals surface area contributed by atoms with Crippen LogP contribution < -0.4 is 15.4 Å². The van der Waals surface area contributed by atoms with Crippen molar-refractivity contribution in [3.05, 3.63) is 29.3 Å². The molecular formula is C18H29F2N3O2. The molecule has 25 heavy (non-hydrogen) atoms. The summed E-state index contributed by atoms with van der Waals surface area (Å²) in [5.41, 5.74) is 0.721. The number of rotatable bonds is 9. The Morgan fingerprint density at radius 1 is 1.24 bits per heavy atom. The summed E-state index contributed by atoms with van der Waals surface area (Å²) in [6, 6.07) is 5.02. The molecule has 3 N–H and O–H groups in total. The lowest BCUT2D eigenvalue weighted by Crippen LogP contribution is -2.46. The van der Waals surface area contributed by atoms with Crippen molar-refractivity contribution < 1.29 is 18.6 Å². The minimum atomic E-state index is -2.87. The molecule has 0 aliphatic heterocycles. The van der Waals surface area contributed by atoms with E-state index in [0.717, 1.165) is 5.56 Å². The lowest BCUT2D eigenvalue weighted by atomic mass is 9.98. The number of hydrogen-bond acceptors (Lipinski definition) is 3. The normalized spacial score (nSPS) is 12.4. The van der Waals surface area contributed by atoms with Gasteiger partial charge in [0.25, 0.3) is 0 Å². The maximum atomic E-state index is 12.5. The molecular weight excluding hydrogens is 328 g/mol. The topological polar surface area (TPSA) is 65.9 Å². The predicted octanol–water partition coefficient (Wildman–Crippen LogP) is 3.20. The molecule has 0 aromatic heterocycles. The van der Waals surface area contributed by atoms with Crippen LogP contribution in [0.15, 0.2) is 23.2 Å². The lowest BCUT2D eigenvalue weighted by Gasteiger charge is -2.26. The monoisotopic (exact) mass is 357 g/mol. The van der Waals surface area contributed by atoms with E-state index >= 15 is 0 Å². The molecule has 7 heteroatoms. The third-order valence-corrected chi connectivity index (χ3v) is 4.08. The number of aryl methyl sites for hydroxylation is 1. The fourth-order valence-corrected chi connectivity index (χ4v) is 2.30. The van der Waals surface area contributed by atoms with Crippen molar-refractivity contribution in [1.82, 2.24) is 10.6 Å². The highest BCUT2D eigenvalue weighted by Gasteiger charge is 2.22. The minimum Gasteiger partial charge on any atom is -0.434 e. The molecule has 0 unspecified atom stereocenters. The quantitative estimate of drug-likeness (QED) is 0.469. The highest BCUT2D eigenvalue weighted by molar-refractivity contribution is 5.79. The minimum absolute atomic E-state index is 0.124. The summed E-state index contributed by atoms with van der Waals surface area (Å²) in [4.78, 5) is 4.42. The zero-order valence-electron chi connectivity index (χ0n) is 15.4. The van der Waals surface area contributed by atoms with Gasteiger partial charge >= 0.3 is 6.61 Å². The maximum absolute atomic E-state index is 12.5. The molecule has 142 valence electrons. The van der Waals surface area contributed by atoms with Crippen molar-refractivity contribution in [1.29, 1.82) is 0 Å². The molecule has 1 aromatic rings. The van der Waals surface area contributed by atoms with Crippen LogP contribution in [0.5, 0.6) is 5.75 Å². The van der Waals surface area contributed by atoms with Crippen molar-refractivity contribution in [2.75, 3.05) is 13.1 Å². The van der Waals surface area contributed by atoms with E-state index in [9.17, 15) is 13.9 Å². The molecule has 1 aromatic carbocycles. The van der Waals surface area contributed by atoms with Gasteiger partial charge in [0, 0.05) is 18.7 Å². The van der Waals surface area contributed by atoms with E-state index in [2.05, 4.69) is 20.4 Å². The molecule has 0 fully saturated rings. The summed E-state index contributed by atoms with van der Waals surface area (Å²) in [7, 11) is 0. The molecule has 0 bridgehead atoms. The van der Waals surface area contributed by atoms with E-state index in [1.807, 2.05) is 27.7 Å². The summed E-state index contributed by atoms with van der Waals surface area (Å²) in [5, 5.41) is 16.6. The Hall–Kier alpha value is -1.89. The second kappa shape index (κ2) is 10.2. The van der Waals surface area contributed by atoms with Gasteiger partial charge in [0.15, 0.2) is 5.96 Å². The molecule has 0 saturated heterocycles. The molecule has 0 atom stereocenters. The van der Waals surface area contributed by atoms with E-state index < -0.39 is 12.2 Å². The third-order valence-electron chi connectivity index (χ3n) is 4.08. The zero-order valence-corrected chi connectivity index (χ0v) is 15.4. The van der Waals surface area contributed by atoms with E-state index in [0.29, 0.717) is 37.5 Å². The van der Waals surface area contributed by atoms with Crippen molar-refractivity contribution in [2.24, 2.45) is 4.99 Å². The molecule has 1 rings (SSSR count). The standard InChI is InChI=1S/C18H29F2N3O2/c1-5-18(24,6-2)12-23-17(21-7-3)22-11-14-10-13(4)8-9-15(14)25-16(19)20/h8-10,16,24H,5-7,11-12H2,1-4H3,(H2,21,22,23). The largest absolute Gasteiger partial charge is 0.434 e. The molecule has 0 radical (unpaired) electrons. The van der Waals surface area contributed by atoms with Gasteiger partial charge in [0.2, 0.25) is 0 Å². The first-order valence-electron chi connectivity index (χ1n) is 8.62. The second-order valence-corrected chi connectivity index (χ2v) is 5.97. The van der Waals surface area contributed by atoms with Gasteiger partial charge in [-0.25, -0.2) is 4.99 Å². The lowest BCUT2D eigenvalue weighted by molar-refractivity contribution is -0.0504. The van der Waals surface area contributed by atoms with E-state index in [1.54, 1.807) is 12.1 Å². The van der Waals surface area contributed by atoms with Gasteiger partial charge in [0.1, 0.15) is 5.75 Å². The van der Waals surface area contributed by atoms with Crippen LogP contribution in [0.25, 0.3) is 0 Å². The van der Waals surface area contributed by atoms with E-state index in [1.165, 1.54) is 6.07 Å². The Morgan fingerprint density at radius 2 is 1.92 bits per heavy atom. The molecule has 5 nitrogen and oxygen atoms in total. The Bertz CT molecular complexity index is 561. The van der Waals surface area contributed by atoms with Gasteiger partial charge < -0.3 is 20.5 Å². The predicted molar refractivity (Wildman–Crippen MR) is 96.2 cm³/mol. The van der Waals surface area contributed by atoms with Crippen LogP contribution in [0.2, 0.25) is 0 Å². The van der Waals surface area contributed by atoms with Crippen LogP contribution in [0.4, 0.5) is 8.78 Å². The molecule has 0 saturated carbocycles. The first kappa shape index (κ1) is 21.2. The second-order valence-electron chi connectivity index (χ2n) is 5.97. The molecule has 0 spiro atoms. The average Bonchev–Trinajstić information content (AvgIpc) is 2.58. The number of nitrogens with zero attached hydrogens (tertiary/aromatic N) is 1. The van der Waals surface area contributed by atoms with Gasteiger partial charge in [-0.15, -0.1) is 0 Å². The van der Waals surface area contributed by atoms with Gasteiger partial charge in [-0.05, 0) is 32.8 Å². The summed E-state index contributed by atoms with van der Waals surface area (Å²) >= 11 is 0. The number of halogens is 2. The average molecular weight is 357 g/mol. The van der Waals surface area contributed by atoms with Gasteiger partial charge in [-0.2, -0.15) is 8.78 Å². The summed E-state index contributed by atoms with van der Waals surface area (Å²) < 4.78 is 29.6. The number of aliphatic hydroxyl groups is 1. The number of nitrogens with one attached hydrogen (secondary N) is 2. The maximum Gasteiger partial charge on any atom is 0.387 e. The van der Waals surface area contributed by atoms with Crippen molar-refractivity contribution in [3.63, 3.8) is 0 Å². The van der Waals surface area contributed by atoms with Crippen LogP contribution in [-0.2, 0) is 6.54 Å².